The first-order valence-electron chi connectivity index (χ1n) is 7.89. The van der Waals surface area contributed by atoms with Crippen LogP contribution in [0.1, 0.15) is 56.8 Å². The standard InChI is InChI=1S/C18H31NO2/c1-8-10-19-17(18(5,6)21-9-2)15-11-14(4)16(20-7)12-13(15)3/h11-12,17,19H,8-10H2,1-7H3. The topological polar surface area (TPSA) is 30.5 Å². The van der Waals surface area contributed by atoms with Gasteiger partial charge in [-0.2, -0.15) is 0 Å². The molecule has 21 heavy (non-hydrogen) atoms. The molecule has 0 aromatic heterocycles. The van der Waals surface area contributed by atoms with Crippen molar-refractivity contribution in [1.29, 1.82) is 0 Å². The number of nitrogens with one attached hydrogen (secondary N) is 1. The van der Waals surface area contributed by atoms with Gasteiger partial charge in [-0.25, -0.2) is 0 Å². The van der Waals surface area contributed by atoms with Gasteiger partial charge in [-0.1, -0.05) is 13.0 Å². The summed E-state index contributed by atoms with van der Waals surface area (Å²) in [5, 5.41) is 3.65. The van der Waals surface area contributed by atoms with Crippen LogP contribution in [0.4, 0.5) is 0 Å². The molecule has 0 saturated carbocycles. The van der Waals surface area contributed by atoms with Crippen LogP contribution in [-0.2, 0) is 4.74 Å². The molecule has 0 heterocycles. The lowest BCUT2D eigenvalue weighted by atomic mass is 9.87. The zero-order chi connectivity index (χ0) is 16.0. The molecule has 0 aliphatic carbocycles. The Hall–Kier alpha value is -1.06. The van der Waals surface area contributed by atoms with Gasteiger partial charge in [0, 0.05) is 6.61 Å². The van der Waals surface area contributed by atoms with Gasteiger partial charge in [-0.3, -0.25) is 0 Å². The zero-order valence-corrected chi connectivity index (χ0v) is 14.7. The molecule has 3 heteroatoms. The number of benzene rings is 1. The summed E-state index contributed by atoms with van der Waals surface area (Å²) in [4.78, 5) is 0. The first kappa shape index (κ1) is 18.0. The molecule has 0 aliphatic rings. The molecule has 3 nitrogen and oxygen atoms in total. The van der Waals surface area contributed by atoms with Crippen LogP contribution in [0.3, 0.4) is 0 Å². The first-order valence-corrected chi connectivity index (χ1v) is 7.89. The highest BCUT2D eigenvalue weighted by Crippen LogP contribution is 2.34. The Morgan fingerprint density at radius 3 is 2.33 bits per heavy atom. The lowest BCUT2D eigenvalue weighted by Gasteiger charge is -2.36. The number of hydrogen-bond donors (Lipinski definition) is 1. The Kier molecular flexibility index (Phi) is 6.69. The summed E-state index contributed by atoms with van der Waals surface area (Å²) in [5.41, 5.74) is 3.43. The van der Waals surface area contributed by atoms with Crippen LogP contribution in [0.5, 0.6) is 5.75 Å². The van der Waals surface area contributed by atoms with Crippen LogP contribution < -0.4 is 10.1 Å². The van der Waals surface area contributed by atoms with E-state index in [1.165, 1.54) is 11.1 Å². The molecule has 0 radical (unpaired) electrons. The van der Waals surface area contributed by atoms with Crippen LogP contribution in [-0.4, -0.2) is 25.9 Å². The summed E-state index contributed by atoms with van der Waals surface area (Å²) in [5.74, 6) is 0.944. The molecule has 0 fully saturated rings. The van der Waals surface area contributed by atoms with Gasteiger partial charge in [0.05, 0.1) is 18.8 Å². The summed E-state index contributed by atoms with van der Waals surface area (Å²) in [6.45, 7) is 14.5. The van der Waals surface area contributed by atoms with E-state index in [4.69, 9.17) is 9.47 Å². The molecule has 0 aliphatic heterocycles. The summed E-state index contributed by atoms with van der Waals surface area (Å²) >= 11 is 0. The monoisotopic (exact) mass is 293 g/mol. The Morgan fingerprint density at radius 1 is 1.14 bits per heavy atom. The molecule has 0 saturated heterocycles. The molecule has 0 spiro atoms. The molecule has 1 atom stereocenters. The molecule has 1 rings (SSSR count). The number of rotatable bonds is 8. The van der Waals surface area contributed by atoms with Gasteiger partial charge in [-0.05, 0) is 70.3 Å². The summed E-state index contributed by atoms with van der Waals surface area (Å²) in [7, 11) is 1.72. The van der Waals surface area contributed by atoms with E-state index >= 15 is 0 Å². The van der Waals surface area contributed by atoms with Gasteiger partial charge in [0.1, 0.15) is 5.75 Å². The summed E-state index contributed by atoms with van der Waals surface area (Å²) in [6.07, 6.45) is 1.10. The van der Waals surface area contributed by atoms with E-state index in [0.717, 1.165) is 24.3 Å². The number of ether oxygens (including phenoxy) is 2. The van der Waals surface area contributed by atoms with Crippen LogP contribution >= 0.6 is 0 Å². The molecular formula is C18H31NO2. The van der Waals surface area contributed by atoms with Crippen LogP contribution in [0, 0.1) is 13.8 Å². The van der Waals surface area contributed by atoms with Crippen molar-refractivity contribution in [2.75, 3.05) is 20.3 Å². The molecule has 1 aromatic carbocycles. The number of methoxy groups -OCH3 is 1. The van der Waals surface area contributed by atoms with Crippen molar-refractivity contribution >= 4 is 0 Å². The average molecular weight is 293 g/mol. The second kappa shape index (κ2) is 7.81. The van der Waals surface area contributed by atoms with Crippen molar-refractivity contribution < 1.29 is 9.47 Å². The molecule has 1 N–H and O–H groups in total. The second-order valence-electron chi connectivity index (χ2n) is 6.10. The lowest BCUT2D eigenvalue weighted by molar-refractivity contribution is -0.0393. The maximum Gasteiger partial charge on any atom is 0.122 e. The van der Waals surface area contributed by atoms with Crippen molar-refractivity contribution in [2.45, 2.75) is 59.6 Å². The van der Waals surface area contributed by atoms with E-state index in [-0.39, 0.29) is 11.6 Å². The van der Waals surface area contributed by atoms with Gasteiger partial charge < -0.3 is 14.8 Å². The van der Waals surface area contributed by atoms with Crippen LogP contribution in [0.25, 0.3) is 0 Å². The second-order valence-corrected chi connectivity index (χ2v) is 6.10. The predicted octanol–water partition coefficient (Wildman–Crippen LogP) is 4.17. The van der Waals surface area contributed by atoms with Crippen molar-refractivity contribution in [1.82, 2.24) is 5.32 Å². The van der Waals surface area contributed by atoms with E-state index in [1.807, 2.05) is 6.92 Å². The third-order valence-corrected chi connectivity index (χ3v) is 3.90. The molecule has 0 bridgehead atoms. The Labute approximate surface area is 130 Å². The molecule has 120 valence electrons. The van der Waals surface area contributed by atoms with E-state index in [1.54, 1.807) is 7.11 Å². The van der Waals surface area contributed by atoms with E-state index in [2.05, 4.69) is 52.1 Å². The Balaban J connectivity index is 3.22. The van der Waals surface area contributed by atoms with Crippen molar-refractivity contribution in [3.8, 4) is 5.75 Å². The van der Waals surface area contributed by atoms with Crippen LogP contribution in [0.15, 0.2) is 12.1 Å². The minimum atomic E-state index is -0.254. The highest BCUT2D eigenvalue weighted by Gasteiger charge is 2.32. The molecular weight excluding hydrogens is 262 g/mol. The van der Waals surface area contributed by atoms with Gasteiger partial charge in [-0.15, -0.1) is 0 Å². The zero-order valence-electron chi connectivity index (χ0n) is 14.7. The van der Waals surface area contributed by atoms with Gasteiger partial charge in [0.2, 0.25) is 0 Å². The van der Waals surface area contributed by atoms with Gasteiger partial charge in [0.25, 0.3) is 0 Å². The smallest absolute Gasteiger partial charge is 0.122 e. The van der Waals surface area contributed by atoms with E-state index < -0.39 is 0 Å². The van der Waals surface area contributed by atoms with Gasteiger partial charge >= 0.3 is 0 Å². The average Bonchev–Trinajstić information content (AvgIpc) is 2.42. The lowest BCUT2D eigenvalue weighted by Crippen LogP contribution is -2.42. The van der Waals surface area contributed by atoms with Crippen molar-refractivity contribution in [3.05, 3.63) is 28.8 Å². The highest BCUT2D eigenvalue weighted by atomic mass is 16.5. The Morgan fingerprint density at radius 2 is 1.81 bits per heavy atom. The highest BCUT2D eigenvalue weighted by molar-refractivity contribution is 5.43. The summed E-state index contributed by atoms with van der Waals surface area (Å²) in [6, 6.07) is 4.51. The van der Waals surface area contributed by atoms with E-state index in [9.17, 15) is 0 Å². The molecule has 0 amide bonds. The normalized spacial score (nSPS) is 13.3. The molecule has 1 aromatic rings. The Bertz CT molecular complexity index is 455. The fourth-order valence-electron chi connectivity index (χ4n) is 2.82. The summed E-state index contributed by atoms with van der Waals surface area (Å²) < 4.78 is 11.4. The number of hydrogen-bond acceptors (Lipinski definition) is 3. The fourth-order valence-corrected chi connectivity index (χ4v) is 2.82. The fraction of sp³-hybridized carbons (Fsp3) is 0.667. The number of aryl methyl sites for hydroxylation is 2. The molecule has 1 unspecified atom stereocenters. The first-order chi connectivity index (χ1) is 9.87. The predicted molar refractivity (Wildman–Crippen MR) is 89.2 cm³/mol. The van der Waals surface area contributed by atoms with Gasteiger partial charge in [0.15, 0.2) is 0 Å². The minimum absolute atomic E-state index is 0.169. The SMILES string of the molecule is CCCNC(c1cc(C)c(OC)cc1C)C(C)(C)OCC. The minimum Gasteiger partial charge on any atom is -0.496 e. The maximum absolute atomic E-state index is 6.00. The largest absolute Gasteiger partial charge is 0.496 e. The van der Waals surface area contributed by atoms with Crippen LogP contribution in [0.2, 0.25) is 0 Å². The quantitative estimate of drug-likeness (QED) is 0.780. The third-order valence-electron chi connectivity index (χ3n) is 3.90. The van der Waals surface area contributed by atoms with Crippen molar-refractivity contribution in [3.63, 3.8) is 0 Å². The van der Waals surface area contributed by atoms with Crippen molar-refractivity contribution in [2.24, 2.45) is 0 Å². The third kappa shape index (κ3) is 4.45. The van der Waals surface area contributed by atoms with E-state index in [0.29, 0.717) is 6.61 Å². The maximum atomic E-state index is 6.00.